The third kappa shape index (κ3) is 5.41. The molecular formula is C18H25ClN2O3. The van der Waals surface area contributed by atoms with E-state index < -0.39 is 0 Å². The molecular weight excluding hydrogens is 328 g/mol. The molecule has 1 fully saturated rings. The van der Waals surface area contributed by atoms with Crippen molar-refractivity contribution in [2.24, 2.45) is 0 Å². The van der Waals surface area contributed by atoms with Gasteiger partial charge in [-0.2, -0.15) is 0 Å². The van der Waals surface area contributed by atoms with E-state index in [1.165, 1.54) is 0 Å². The van der Waals surface area contributed by atoms with Crippen LogP contribution in [0.3, 0.4) is 0 Å². The van der Waals surface area contributed by atoms with Gasteiger partial charge in [-0.05, 0) is 30.9 Å². The monoisotopic (exact) mass is 352 g/mol. The Morgan fingerprint density at radius 2 is 2.00 bits per heavy atom. The number of rotatable bonds is 7. The summed E-state index contributed by atoms with van der Waals surface area (Å²) in [5.41, 5.74) is 1.10. The molecule has 1 heterocycles. The third-order valence-electron chi connectivity index (χ3n) is 4.24. The molecule has 0 saturated carbocycles. The van der Waals surface area contributed by atoms with Crippen LogP contribution >= 0.6 is 11.6 Å². The van der Waals surface area contributed by atoms with Crippen LogP contribution in [0.1, 0.15) is 31.7 Å². The average Bonchev–Trinajstić information content (AvgIpc) is 2.60. The van der Waals surface area contributed by atoms with Crippen LogP contribution in [0.15, 0.2) is 24.3 Å². The number of ether oxygens (including phenoxy) is 1. The minimum absolute atomic E-state index is 0.00793. The number of nitrogens with one attached hydrogen (secondary N) is 1. The molecule has 24 heavy (non-hydrogen) atoms. The van der Waals surface area contributed by atoms with Gasteiger partial charge in [0.25, 0.3) is 5.91 Å². The highest BCUT2D eigenvalue weighted by molar-refractivity contribution is 6.18. The fraction of sp³-hybridized carbons (Fsp3) is 0.556. The van der Waals surface area contributed by atoms with E-state index in [-0.39, 0.29) is 24.5 Å². The number of hydrogen-bond acceptors (Lipinski definition) is 3. The average molecular weight is 353 g/mol. The Hall–Kier alpha value is -1.75. The maximum Gasteiger partial charge on any atom is 0.260 e. The molecule has 0 atom stereocenters. The molecule has 0 aromatic heterocycles. The number of likely N-dealkylation sites (tertiary alicyclic amines) is 1. The Morgan fingerprint density at radius 3 is 2.67 bits per heavy atom. The van der Waals surface area contributed by atoms with Gasteiger partial charge < -0.3 is 15.0 Å². The lowest BCUT2D eigenvalue weighted by Gasteiger charge is -2.32. The topological polar surface area (TPSA) is 58.6 Å². The lowest BCUT2D eigenvalue weighted by molar-refractivity contribution is -0.134. The van der Waals surface area contributed by atoms with E-state index in [9.17, 15) is 9.59 Å². The van der Waals surface area contributed by atoms with E-state index in [4.69, 9.17) is 16.3 Å². The van der Waals surface area contributed by atoms with Gasteiger partial charge in [0.1, 0.15) is 5.75 Å². The molecule has 1 aliphatic rings. The zero-order valence-electron chi connectivity index (χ0n) is 14.1. The number of halogens is 1. The summed E-state index contributed by atoms with van der Waals surface area (Å²) in [4.78, 5) is 25.7. The van der Waals surface area contributed by atoms with Gasteiger partial charge in [0.05, 0.1) is 0 Å². The summed E-state index contributed by atoms with van der Waals surface area (Å²) >= 11 is 5.56. The van der Waals surface area contributed by atoms with Gasteiger partial charge in [-0.3, -0.25) is 9.59 Å². The number of carbonyl (C=O) groups is 2. The standard InChI is InChI=1S/C18H25ClN2O3/c1-2-14-5-3-4-6-16(14)24-13-18(23)21-11-8-15(9-12-21)20-17(22)7-10-19/h3-6,15H,2,7-13H2,1H3,(H,20,22). The lowest BCUT2D eigenvalue weighted by Crippen LogP contribution is -2.47. The molecule has 2 amide bonds. The molecule has 132 valence electrons. The van der Waals surface area contributed by atoms with Crippen LogP contribution in [0.25, 0.3) is 0 Å². The summed E-state index contributed by atoms with van der Waals surface area (Å²) in [7, 11) is 0. The van der Waals surface area contributed by atoms with Crippen LogP contribution in [0.2, 0.25) is 0 Å². The fourth-order valence-electron chi connectivity index (χ4n) is 2.83. The van der Waals surface area contributed by atoms with Crippen molar-refractivity contribution in [1.82, 2.24) is 10.2 Å². The Kier molecular flexibility index (Phi) is 7.37. The summed E-state index contributed by atoms with van der Waals surface area (Å²) in [6.45, 7) is 3.40. The van der Waals surface area contributed by atoms with Crippen molar-refractivity contribution in [3.8, 4) is 5.75 Å². The summed E-state index contributed by atoms with van der Waals surface area (Å²) in [6, 6.07) is 7.91. The van der Waals surface area contributed by atoms with Crippen LogP contribution in [0, 0.1) is 0 Å². The van der Waals surface area contributed by atoms with Gasteiger partial charge in [0.15, 0.2) is 6.61 Å². The van der Waals surface area contributed by atoms with Crippen molar-refractivity contribution < 1.29 is 14.3 Å². The SMILES string of the molecule is CCc1ccccc1OCC(=O)N1CCC(NC(=O)CCCl)CC1. The van der Waals surface area contributed by atoms with Gasteiger partial charge in [0, 0.05) is 31.4 Å². The van der Waals surface area contributed by atoms with Crippen molar-refractivity contribution >= 4 is 23.4 Å². The van der Waals surface area contributed by atoms with Crippen LogP contribution in [-0.2, 0) is 16.0 Å². The molecule has 0 aliphatic carbocycles. The predicted octanol–water partition coefficient (Wildman–Crippen LogP) is 2.36. The number of piperidine rings is 1. The molecule has 5 nitrogen and oxygen atoms in total. The predicted molar refractivity (Wildman–Crippen MR) is 94.4 cm³/mol. The number of para-hydroxylation sites is 1. The largest absolute Gasteiger partial charge is 0.483 e. The van der Waals surface area contributed by atoms with Gasteiger partial charge >= 0.3 is 0 Å². The second-order valence-corrected chi connectivity index (χ2v) is 6.29. The molecule has 0 spiro atoms. The normalized spacial score (nSPS) is 15.2. The number of carbonyl (C=O) groups excluding carboxylic acids is 2. The Labute approximate surface area is 148 Å². The van der Waals surface area contributed by atoms with Crippen molar-refractivity contribution in [1.29, 1.82) is 0 Å². The smallest absolute Gasteiger partial charge is 0.260 e. The van der Waals surface area contributed by atoms with E-state index >= 15 is 0 Å². The van der Waals surface area contributed by atoms with Crippen molar-refractivity contribution in [3.05, 3.63) is 29.8 Å². The van der Waals surface area contributed by atoms with Gasteiger partial charge in [-0.1, -0.05) is 25.1 Å². The highest BCUT2D eigenvalue weighted by Crippen LogP contribution is 2.18. The van der Waals surface area contributed by atoms with Crippen molar-refractivity contribution in [2.75, 3.05) is 25.6 Å². The zero-order chi connectivity index (χ0) is 17.4. The number of alkyl halides is 1. The van der Waals surface area contributed by atoms with E-state index in [2.05, 4.69) is 12.2 Å². The van der Waals surface area contributed by atoms with Crippen LogP contribution in [0.5, 0.6) is 5.75 Å². The molecule has 1 N–H and O–H groups in total. The molecule has 1 aromatic carbocycles. The van der Waals surface area contributed by atoms with E-state index in [0.717, 1.165) is 30.6 Å². The van der Waals surface area contributed by atoms with Crippen molar-refractivity contribution in [2.45, 2.75) is 38.6 Å². The van der Waals surface area contributed by atoms with Crippen molar-refractivity contribution in [3.63, 3.8) is 0 Å². The highest BCUT2D eigenvalue weighted by Gasteiger charge is 2.24. The zero-order valence-corrected chi connectivity index (χ0v) is 14.8. The van der Waals surface area contributed by atoms with Crippen LogP contribution in [-0.4, -0.2) is 48.3 Å². The van der Waals surface area contributed by atoms with E-state index in [1.54, 1.807) is 4.90 Å². The molecule has 0 radical (unpaired) electrons. The minimum Gasteiger partial charge on any atom is -0.483 e. The molecule has 1 aromatic rings. The number of hydrogen-bond donors (Lipinski definition) is 1. The summed E-state index contributed by atoms with van der Waals surface area (Å²) < 4.78 is 5.69. The third-order valence-corrected chi connectivity index (χ3v) is 4.43. The lowest BCUT2D eigenvalue weighted by atomic mass is 10.0. The van der Waals surface area contributed by atoms with Gasteiger partial charge in [0.2, 0.25) is 5.91 Å². The number of nitrogens with zero attached hydrogens (tertiary/aromatic N) is 1. The maximum absolute atomic E-state index is 12.3. The first-order valence-corrected chi connectivity index (χ1v) is 9.01. The number of amides is 2. The quantitative estimate of drug-likeness (QED) is 0.766. The minimum atomic E-state index is -0.0192. The maximum atomic E-state index is 12.3. The van der Waals surface area contributed by atoms with Crippen LogP contribution < -0.4 is 10.1 Å². The first-order valence-electron chi connectivity index (χ1n) is 8.47. The highest BCUT2D eigenvalue weighted by atomic mass is 35.5. The van der Waals surface area contributed by atoms with Gasteiger partial charge in [-0.15, -0.1) is 11.6 Å². The molecule has 0 bridgehead atoms. The molecule has 2 rings (SSSR count). The molecule has 1 aliphatic heterocycles. The second kappa shape index (κ2) is 9.52. The number of benzene rings is 1. The second-order valence-electron chi connectivity index (χ2n) is 5.91. The van der Waals surface area contributed by atoms with E-state index in [0.29, 0.717) is 25.4 Å². The first-order chi connectivity index (χ1) is 11.6. The molecule has 0 unspecified atom stereocenters. The Morgan fingerprint density at radius 1 is 1.29 bits per heavy atom. The summed E-state index contributed by atoms with van der Waals surface area (Å²) in [5, 5.41) is 2.96. The Balaban J connectivity index is 1.75. The van der Waals surface area contributed by atoms with Crippen LogP contribution in [0.4, 0.5) is 0 Å². The fourth-order valence-corrected chi connectivity index (χ4v) is 3.00. The first kappa shape index (κ1) is 18.6. The van der Waals surface area contributed by atoms with Gasteiger partial charge in [-0.25, -0.2) is 0 Å². The molecule has 6 heteroatoms. The Bertz CT molecular complexity index is 557. The summed E-state index contributed by atoms with van der Waals surface area (Å²) in [5.74, 6) is 1.08. The summed E-state index contributed by atoms with van der Waals surface area (Å²) in [6.07, 6.45) is 2.75. The van der Waals surface area contributed by atoms with E-state index in [1.807, 2.05) is 24.3 Å². The number of aryl methyl sites for hydroxylation is 1. The molecule has 1 saturated heterocycles.